The van der Waals surface area contributed by atoms with Crippen molar-refractivity contribution in [3.63, 3.8) is 0 Å². The Morgan fingerprint density at radius 1 is 1.03 bits per heavy atom. The Morgan fingerprint density at radius 3 is 2.55 bits per heavy atom. The highest BCUT2D eigenvalue weighted by Crippen LogP contribution is 2.23. The molecule has 0 unspecified atom stereocenters. The lowest BCUT2D eigenvalue weighted by Crippen LogP contribution is -2.48. The number of fused-ring (bicyclic) bond motifs is 1. The number of nitrogens with one attached hydrogen (secondary N) is 1. The minimum atomic E-state index is 0.0595. The number of hydrogen-bond acceptors (Lipinski definition) is 7. The number of aromatic amines is 1. The van der Waals surface area contributed by atoms with Crippen LogP contribution in [0.5, 0.6) is 0 Å². The Bertz CT molecular complexity index is 1080. The van der Waals surface area contributed by atoms with Crippen molar-refractivity contribution < 1.29 is 4.79 Å². The van der Waals surface area contributed by atoms with Crippen molar-refractivity contribution in [1.82, 2.24) is 35.4 Å². The Hall–Kier alpha value is -3.17. The molecule has 0 atom stereocenters. The first kappa shape index (κ1) is 17.9. The number of thiazole rings is 1. The van der Waals surface area contributed by atoms with Crippen molar-refractivity contribution in [2.45, 2.75) is 6.54 Å². The Kier molecular flexibility index (Phi) is 4.74. The number of aromatic nitrogens is 5. The van der Waals surface area contributed by atoms with E-state index in [0.717, 1.165) is 48.8 Å². The predicted molar refractivity (Wildman–Crippen MR) is 110 cm³/mol. The molecule has 1 fully saturated rings. The van der Waals surface area contributed by atoms with Crippen molar-refractivity contribution in [2.75, 3.05) is 26.2 Å². The summed E-state index contributed by atoms with van der Waals surface area (Å²) in [6, 6.07) is 15.6. The number of tetrazole rings is 1. The van der Waals surface area contributed by atoms with Crippen molar-refractivity contribution in [2.24, 2.45) is 0 Å². The molecule has 1 amide bonds. The van der Waals surface area contributed by atoms with Crippen molar-refractivity contribution in [3.8, 4) is 11.4 Å². The third-order valence-corrected chi connectivity index (χ3v) is 6.11. The summed E-state index contributed by atoms with van der Waals surface area (Å²) in [6.45, 7) is 3.97. The quantitative estimate of drug-likeness (QED) is 0.561. The minimum absolute atomic E-state index is 0.0595. The molecule has 1 saturated heterocycles. The van der Waals surface area contributed by atoms with E-state index >= 15 is 0 Å². The smallest absolute Gasteiger partial charge is 0.253 e. The van der Waals surface area contributed by atoms with E-state index in [1.54, 1.807) is 11.3 Å². The first-order chi connectivity index (χ1) is 14.3. The fourth-order valence-electron chi connectivity index (χ4n) is 3.52. The molecule has 2 aromatic heterocycles. The van der Waals surface area contributed by atoms with Gasteiger partial charge >= 0.3 is 0 Å². The first-order valence-electron chi connectivity index (χ1n) is 9.46. The van der Waals surface area contributed by atoms with E-state index in [1.807, 2.05) is 41.3 Å². The van der Waals surface area contributed by atoms with Gasteiger partial charge in [0, 0.05) is 37.3 Å². The van der Waals surface area contributed by atoms with Crippen molar-refractivity contribution >= 4 is 27.5 Å². The highest BCUT2D eigenvalue weighted by atomic mass is 32.1. The van der Waals surface area contributed by atoms with E-state index < -0.39 is 0 Å². The molecule has 1 N–H and O–H groups in total. The second kappa shape index (κ2) is 7.69. The highest BCUT2D eigenvalue weighted by molar-refractivity contribution is 7.18. The molecule has 146 valence electrons. The number of benzene rings is 2. The Balaban J connectivity index is 1.19. The van der Waals surface area contributed by atoms with E-state index in [9.17, 15) is 4.79 Å². The molecule has 5 rings (SSSR count). The van der Waals surface area contributed by atoms with Crippen LogP contribution in [-0.2, 0) is 6.54 Å². The summed E-state index contributed by atoms with van der Waals surface area (Å²) in [5.41, 5.74) is 2.57. The summed E-state index contributed by atoms with van der Waals surface area (Å²) in [6.07, 6.45) is 0. The topological polar surface area (TPSA) is 90.9 Å². The monoisotopic (exact) mass is 405 g/mol. The van der Waals surface area contributed by atoms with Gasteiger partial charge in [0.2, 0.25) is 5.82 Å². The summed E-state index contributed by atoms with van der Waals surface area (Å²) < 4.78 is 1.22. The Labute approximate surface area is 171 Å². The van der Waals surface area contributed by atoms with Crippen LogP contribution in [-0.4, -0.2) is 67.5 Å². The number of amides is 1. The van der Waals surface area contributed by atoms with Gasteiger partial charge in [-0.1, -0.05) is 24.3 Å². The van der Waals surface area contributed by atoms with Crippen LogP contribution in [0.25, 0.3) is 21.6 Å². The van der Waals surface area contributed by atoms with Crippen LogP contribution in [0.15, 0.2) is 48.5 Å². The fourth-order valence-corrected chi connectivity index (χ4v) is 4.53. The van der Waals surface area contributed by atoms with Crippen LogP contribution in [0, 0.1) is 0 Å². The van der Waals surface area contributed by atoms with Gasteiger partial charge in [0.05, 0.1) is 16.8 Å². The molecule has 1 aliphatic heterocycles. The van der Waals surface area contributed by atoms with Crippen molar-refractivity contribution in [1.29, 1.82) is 0 Å². The summed E-state index contributed by atoms with van der Waals surface area (Å²) in [4.78, 5) is 21.8. The van der Waals surface area contributed by atoms with Gasteiger partial charge in [0.1, 0.15) is 5.01 Å². The summed E-state index contributed by atoms with van der Waals surface area (Å²) in [5.74, 6) is 0.580. The Morgan fingerprint density at radius 2 is 1.83 bits per heavy atom. The van der Waals surface area contributed by atoms with E-state index in [2.05, 4.69) is 37.7 Å². The summed E-state index contributed by atoms with van der Waals surface area (Å²) in [5, 5.41) is 15.0. The van der Waals surface area contributed by atoms with Gasteiger partial charge in [-0.2, -0.15) is 5.21 Å². The number of para-hydroxylation sites is 1. The zero-order chi connectivity index (χ0) is 19.6. The number of hydrogen-bond donors (Lipinski definition) is 1. The van der Waals surface area contributed by atoms with Crippen LogP contribution in [0.4, 0.5) is 0 Å². The lowest BCUT2D eigenvalue weighted by atomic mass is 10.1. The van der Waals surface area contributed by atoms with Crippen LogP contribution in [0.2, 0.25) is 0 Å². The normalized spacial score (nSPS) is 15.1. The zero-order valence-electron chi connectivity index (χ0n) is 15.7. The minimum Gasteiger partial charge on any atom is -0.336 e. The molecule has 0 radical (unpaired) electrons. The van der Waals surface area contributed by atoms with Crippen LogP contribution < -0.4 is 0 Å². The largest absolute Gasteiger partial charge is 0.336 e. The maximum Gasteiger partial charge on any atom is 0.253 e. The van der Waals surface area contributed by atoms with Gasteiger partial charge in [-0.3, -0.25) is 9.69 Å². The molecule has 9 heteroatoms. The number of piperazine rings is 1. The van der Waals surface area contributed by atoms with E-state index in [4.69, 9.17) is 4.98 Å². The fraction of sp³-hybridized carbons (Fsp3) is 0.250. The lowest BCUT2D eigenvalue weighted by Gasteiger charge is -2.34. The molecular formula is C20H19N7OS. The highest BCUT2D eigenvalue weighted by Gasteiger charge is 2.23. The number of nitrogens with zero attached hydrogens (tertiary/aromatic N) is 6. The summed E-state index contributed by atoms with van der Waals surface area (Å²) in [7, 11) is 0. The third-order valence-electron chi connectivity index (χ3n) is 5.09. The standard InChI is InChI=1S/C20H19N7OS/c28-20(15-7-5-14(6-8-15)19-22-24-25-23-19)27-11-9-26(10-12-27)13-18-21-16-3-1-2-4-17(16)29-18/h1-8H,9-13H2,(H,22,23,24,25). The number of rotatable bonds is 4. The molecule has 8 nitrogen and oxygen atoms in total. The molecule has 0 bridgehead atoms. The number of H-pyrrole nitrogens is 1. The first-order valence-corrected chi connectivity index (χ1v) is 10.3. The van der Waals surface area contributed by atoms with Gasteiger partial charge in [-0.15, -0.1) is 21.5 Å². The molecule has 29 heavy (non-hydrogen) atoms. The van der Waals surface area contributed by atoms with Gasteiger partial charge in [0.15, 0.2) is 0 Å². The molecule has 1 aliphatic rings. The van der Waals surface area contributed by atoms with E-state index in [1.165, 1.54) is 4.70 Å². The lowest BCUT2D eigenvalue weighted by molar-refractivity contribution is 0.0628. The second-order valence-corrected chi connectivity index (χ2v) is 8.07. The molecular weight excluding hydrogens is 386 g/mol. The molecule has 3 heterocycles. The maximum atomic E-state index is 12.8. The number of carbonyl (C=O) groups excluding carboxylic acids is 1. The van der Waals surface area contributed by atoms with Crippen LogP contribution >= 0.6 is 11.3 Å². The van der Waals surface area contributed by atoms with Gasteiger partial charge in [-0.25, -0.2) is 4.98 Å². The molecule has 0 spiro atoms. The average Bonchev–Trinajstić information content (AvgIpc) is 3.43. The second-order valence-electron chi connectivity index (χ2n) is 6.96. The van der Waals surface area contributed by atoms with Crippen molar-refractivity contribution in [3.05, 3.63) is 59.1 Å². The molecule has 0 saturated carbocycles. The van der Waals surface area contributed by atoms with Gasteiger partial charge in [-0.05, 0) is 29.5 Å². The third kappa shape index (κ3) is 3.74. The van der Waals surface area contributed by atoms with Crippen LogP contribution in [0.1, 0.15) is 15.4 Å². The number of carbonyl (C=O) groups is 1. The van der Waals surface area contributed by atoms with E-state index in [-0.39, 0.29) is 5.91 Å². The van der Waals surface area contributed by atoms with Gasteiger partial charge < -0.3 is 4.90 Å². The van der Waals surface area contributed by atoms with E-state index in [0.29, 0.717) is 11.4 Å². The van der Waals surface area contributed by atoms with Crippen LogP contribution in [0.3, 0.4) is 0 Å². The molecule has 0 aliphatic carbocycles. The SMILES string of the molecule is O=C(c1ccc(-c2nn[nH]n2)cc1)N1CCN(Cc2nc3ccccc3s2)CC1. The zero-order valence-corrected chi connectivity index (χ0v) is 16.5. The predicted octanol–water partition coefficient (Wildman–Crippen LogP) is 2.43. The maximum absolute atomic E-state index is 12.8. The summed E-state index contributed by atoms with van der Waals surface area (Å²) >= 11 is 1.74. The average molecular weight is 405 g/mol. The van der Waals surface area contributed by atoms with Gasteiger partial charge in [0.25, 0.3) is 5.91 Å². The molecule has 4 aromatic rings. The molecule has 2 aromatic carbocycles.